The molecule has 3 nitrogen and oxygen atoms in total. The van der Waals surface area contributed by atoms with Gasteiger partial charge in [0.2, 0.25) is 0 Å². The fourth-order valence-electron chi connectivity index (χ4n) is 2.24. The van der Waals surface area contributed by atoms with Gasteiger partial charge < -0.3 is 5.32 Å². The van der Waals surface area contributed by atoms with Gasteiger partial charge in [-0.25, -0.2) is 0 Å². The van der Waals surface area contributed by atoms with Crippen molar-refractivity contribution in [2.45, 2.75) is 33.2 Å². The highest BCUT2D eigenvalue weighted by atomic mass is 15.3. The lowest BCUT2D eigenvalue weighted by Crippen LogP contribution is -2.06. The number of rotatable bonds is 5. The molecule has 1 aromatic carbocycles. The molecule has 0 amide bonds. The largest absolute Gasteiger partial charge is 0.376 e. The van der Waals surface area contributed by atoms with Gasteiger partial charge in [-0.15, -0.1) is 0 Å². The van der Waals surface area contributed by atoms with Crippen molar-refractivity contribution >= 4 is 5.69 Å². The van der Waals surface area contributed by atoms with E-state index in [4.69, 9.17) is 0 Å². The molecule has 0 spiro atoms. The van der Waals surface area contributed by atoms with Crippen LogP contribution in [-0.4, -0.2) is 9.78 Å². The molecule has 1 atom stereocenters. The minimum absolute atomic E-state index is 0.289. The van der Waals surface area contributed by atoms with Crippen LogP contribution in [0.25, 0.3) is 0 Å². The van der Waals surface area contributed by atoms with Crippen molar-refractivity contribution in [1.29, 1.82) is 0 Å². The lowest BCUT2D eigenvalue weighted by atomic mass is 10.00. The summed E-state index contributed by atoms with van der Waals surface area (Å²) in [5, 5.41) is 7.62. The van der Waals surface area contributed by atoms with Gasteiger partial charge in [-0.05, 0) is 30.4 Å². The predicted molar refractivity (Wildman–Crippen MR) is 80.2 cm³/mol. The average Bonchev–Trinajstić information content (AvgIpc) is 2.75. The number of hydrogen-bond acceptors (Lipinski definition) is 2. The van der Waals surface area contributed by atoms with Gasteiger partial charge in [-0.3, -0.25) is 4.68 Å². The highest BCUT2D eigenvalue weighted by Crippen LogP contribution is 2.19. The fraction of sp³-hybridized carbons (Fsp3) is 0.438. The van der Waals surface area contributed by atoms with Gasteiger partial charge in [-0.1, -0.05) is 38.1 Å². The first kappa shape index (κ1) is 13.7. The van der Waals surface area contributed by atoms with Crippen molar-refractivity contribution in [2.24, 2.45) is 13.0 Å². The first-order chi connectivity index (χ1) is 9.04. The lowest BCUT2D eigenvalue weighted by molar-refractivity contribution is 0.647. The molecular weight excluding hydrogens is 234 g/mol. The van der Waals surface area contributed by atoms with E-state index in [1.165, 1.54) is 11.1 Å². The summed E-state index contributed by atoms with van der Waals surface area (Å²) in [5.74, 6) is 0.705. The van der Waals surface area contributed by atoms with Gasteiger partial charge in [0.15, 0.2) is 0 Å². The van der Waals surface area contributed by atoms with Crippen molar-refractivity contribution < 1.29 is 0 Å². The second-order valence-corrected chi connectivity index (χ2v) is 5.61. The third-order valence-corrected chi connectivity index (χ3v) is 3.21. The molecule has 0 bridgehead atoms. The van der Waals surface area contributed by atoms with E-state index in [1.54, 1.807) is 4.68 Å². The van der Waals surface area contributed by atoms with Crippen LogP contribution in [0.5, 0.6) is 0 Å². The molecule has 2 rings (SSSR count). The van der Waals surface area contributed by atoms with Gasteiger partial charge >= 0.3 is 0 Å². The fourth-order valence-corrected chi connectivity index (χ4v) is 2.24. The molecule has 102 valence electrons. The van der Waals surface area contributed by atoms with Crippen LogP contribution in [0, 0.1) is 5.92 Å². The zero-order valence-electron chi connectivity index (χ0n) is 12.2. The SMILES string of the molecule is CC(C)Cc1ccc(C(C)Nc2cnn(C)c2)cc1. The van der Waals surface area contributed by atoms with Gasteiger partial charge in [0.25, 0.3) is 0 Å². The van der Waals surface area contributed by atoms with Crippen LogP contribution in [-0.2, 0) is 13.5 Å². The van der Waals surface area contributed by atoms with Crippen LogP contribution in [0.2, 0.25) is 0 Å². The molecular formula is C16H23N3. The summed E-state index contributed by atoms with van der Waals surface area (Å²) in [7, 11) is 1.93. The molecule has 3 heteroatoms. The second-order valence-electron chi connectivity index (χ2n) is 5.61. The van der Waals surface area contributed by atoms with E-state index in [9.17, 15) is 0 Å². The monoisotopic (exact) mass is 257 g/mol. The molecule has 1 heterocycles. The molecule has 0 aliphatic carbocycles. The maximum atomic E-state index is 4.16. The Hall–Kier alpha value is -1.77. The second kappa shape index (κ2) is 5.91. The summed E-state index contributed by atoms with van der Waals surface area (Å²) in [6, 6.07) is 9.18. The van der Waals surface area contributed by atoms with Gasteiger partial charge in [0, 0.05) is 19.3 Å². The smallest absolute Gasteiger partial charge is 0.0731 e. The summed E-state index contributed by atoms with van der Waals surface area (Å²) in [6.07, 6.45) is 4.98. The maximum absolute atomic E-state index is 4.16. The summed E-state index contributed by atoms with van der Waals surface area (Å²) in [5.41, 5.74) is 3.77. The van der Waals surface area contributed by atoms with Crippen molar-refractivity contribution in [3.8, 4) is 0 Å². The van der Waals surface area contributed by atoms with Crippen LogP contribution < -0.4 is 5.32 Å². The number of nitrogens with zero attached hydrogens (tertiary/aromatic N) is 2. The van der Waals surface area contributed by atoms with E-state index in [1.807, 2.05) is 19.4 Å². The standard InChI is InChI=1S/C16H23N3/c1-12(2)9-14-5-7-15(8-6-14)13(3)18-16-10-17-19(4)11-16/h5-8,10-13,18H,9H2,1-4H3. The van der Waals surface area contributed by atoms with Gasteiger partial charge in [0.05, 0.1) is 11.9 Å². The Labute approximate surface area is 115 Å². The molecule has 2 aromatic rings. The number of benzene rings is 1. The quantitative estimate of drug-likeness (QED) is 0.883. The van der Waals surface area contributed by atoms with E-state index in [-0.39, 0.29) is 6.04 Å². The highest BCUT2D eigenvalue weighted by Gasteiger charge is 2.06. The van der Waals surface area contributed by atoms with Crippen molar-refractivity contribution in [2.75, 3.05) is 5.32 Å². The van der Waals surface area contributed by atoms with Crippen molar-refractivity contribution in [3.05, 3.63) is 47.8 Å². The molecule has 0 aliphatic heterocycles. The third kappa shape index (κ3) is 3.85. The van der Waals surface area contributed by atoms with Crippen LogP contribution in [0.3, 0.4) is 0 Å². The lowest BCUT2D eigenvalue weighted by Gasteiger charge is -2.15. The first-order valence-electron chi connectivity index (χ1n) is 6.88. The maximum Gasteiger partial charge on any atom is 0.0731 e. The number of hydrogen-bond donors (Lipinski definition) is 1. The minimum Gasteiger partial charge on any atom is -0.376 e. The van der Waals surface area contributed by atoms with Crippen LogP contribution in [0.4, 0.5) is 5.69 Å². The molecule has 0 radical (unpaired) electrons. The number of nitrogens with one attached hydrogen (secondary N) is 1. The summed E-state index contributed by atoms with van der Waals surface area (Å²) < 4.78 is 1.81. The normalized spacial score (nSPS) is 12.7. The van der Waals surface area contributed by atoms with E-state index in [0.29, 0.717) is 5.92 Å². The van der Waals surface area contributed by atoms with Crippen LogP contribution in [0.15, 0.2) is 36.7 Å². The van der Waals surface area contributed by atoms with E-state index >= 15 is 0 Å². The average molecular weight is 257 g/mol. The molecule has 0 aliphatic rings. The zero-order valence-corrected chi connectivity index (χ0v) is 12.2. The third-order valence-electron chi connectivity index (χ3n) is 3.21. The molecule has 1 aromatic heterocycles. The van der Waals surface area contributed by atoms with E-state index < -0.39 is 0 Å². The number of anilines is 1. The summed E-state index contributed by atoms with van der Waals surface area (Å²) >= 11 is 0. The highest BCUT2D eigenvalue weighted by molar-refractivity contribution is 5.41. The van der Waals surface area contributed by atoms with Crippen molar-refractivity contribution in [1.82, 2.24) is 9.78 Å². The molecule has 0 saturated carbocycles. The Morgan fingerprint density at radius 3 is 2.37 bits per heavy atom. The van der Waals surface area contributed by atoms with Crippen LogP contribution >= 0.6 is 0 Å². The minimum atomic E-state index is 0.289. The van der Waals surface area contributed by atoms with E-state index in [0.717, 1.165) is 12.1 Å². The topological polar surface area (TPSA) is 29.9 Å². The summed E-state index contributed by atoms with van der Waals surface area (Å²) in [4.78, 5) is 0. The Morgan fingerprint density at radius 1 is 1.16 bits per heavy atom. The Morgan fingerprint density at radius 2 is 1.84 bits per heavy atom. The van der Waals surface area contributed by atoms with Crippen LogP contribution in [0.1, 0.15) is 37.9 Å². The molecule has 0 saturated heterocycles. The molecule has 1 N–H and O–H groups in total. The molecule has 19 heavy (non-hydrogen) atoms. The van der Waals surface area contributed by atoms with Gasteiger partial charge in [-0.2, -0.15) is 5.10 Å². The Bertz CT molecular complexity index is 511. The first-order valence-corrected chi connectivity index (χ1v) is 6.88. The predicted octanol–water partition coefficient (Wildman–Crippen LogP) is 3.79. The molecule has 0 fully saturated rings. The van der Waals surface area contributed by atoms with Crippen molar-refractivity contribution in [3.63, 3.8) is 0 Å². The summed E-state index contributed by atoms with van der Waals surface area (Å²) in [6.45, 7) is 6.67. The Balaban J connectivity index is 2.01. The molecule has 1 unspecified atom stereocenters. The number of aromatic nitrogens is 2. The number of aryl methyl sites for hydroxylation is 1. The zero-order chi connectivity index (χ0) is 13.8. The Kier molecular flexibility index (Phi) is 4.25. The van der Waals surface area contributed by atoms with Gasteiger partial charge in [0.1, 0.15) is 0 Å². The van der Waals surface area contributed by atoms with E-state index in [2.05, 4.69) is 55.5 Å².